The number of nitrogens with zero attached hydrogens (tertiary/aromatic N) is 1. The van der Waals surface area contributed by atoms with Gasteiger partial charge in [-0.05, 0) is 70.1 Å². The minimum atomic E-state index is -0.583. The molecule has 1 fully saturated rings. The largest absolute Gasteiger partial charge is 0.481 e. The van der Waals surface area contributed by atoms with E-state index < -0.39 is 6.10 Å². The van der Waals surface area contributed by atoms with Crippen LogP contribution in [0.15, 0.2) is 24.3 Å². The van der Waals surface area contributed by atoms with Crippen LogP contribution >= 0.6 is 0 Å². The van der Waals surface area contributed by atoms with E-state index in [1.807, 2.05) is 0 Å². The third kappa shape index (κ3) is 5.64. The van der Waals surface area contributed by atoms with Crippen molar-refractivity contribution in [2.24, 2.45) is 0 Å². The Morgan fingerprint density at radius 3 is 2.64 bits per heavy atom. The highest BCUT2D eigenvalue weighted by Crippen LogP contribution is 2.13. The molecule has 2 rings (SSSR count). The lowest BCUT2D eigenvalue weighted by Gasteiger charge is -2.26. The maximum absolute atomic E-state index is 12.8. The number of piperidine rings is 1. The SMILES string of the molecule is CC(Oc1ccc(F)cc1)C(=O)NCCCN1CCCCC1. The van der Waals surface area contributed by atoms with Crippen LogP contribution < -0.4 is 10.1 Å². The van der Waals surface area contributed by atoms with Gasteiger partial charge in [-0.2, -0.15) is 0 Å². The Bertz CT molecular complexity index is 458. The second-order valence-electron chi connectivity index (χ2n) is 5.76. The summed E-state index contributed by atoms with van der Waals surface area (Å²) in [4.78, 5) is 14.4. The van der Waals surface area contributed by atoms with E-state index in [1.54, 1.807) is 6.92 Å². The first-order chi connectivity index (χ1) is 10.6. The summed E-state index contributed by atoms with van der Waals surface area (Å²) < 4.78 is 18.3. The van der Waals surface area contributed by atoms with Gasteiger partial charge in [0.15, 0.2) is 6.10 Å². The Kier molecular flexibility index (Phi) is 6.65. The predicted molar refractivity (Wildman–Crippen MR) is 84.4 cm³/mol. The van der Waals surface area contributed by atoms with E-state index in [-0.39, 0.29) is 11.7 Å². The van der Waals surface area contributed by atoms with Gasteiger partial charge in [0.1, 0.15) is 11.6 Å². The number of nitrogens with one attached hydrogen (secondary N) is 1. The van der Waals surface area contributed by atoms with Crippen LogP contribution in [0, 0.1) is 5.82 Å². The number of ether oxygens (including phenoxy) is 1. The quantitative estimate of drug-likeness (QED) is 0.787. The molecule has 0 spiro atoms. The number of carbonyl (C=O) groups is 1. The van der Waals surface area contributed by atoms with Gasteiger partial charge in [-0.15, -0.1) is 0 Å². The van der Waals surface area contributed by atoms with Crippen molar-refractivity contribution in [2.75, 3.05) is 26.2 Å². The summed E-state index contributed by atoms with van der Waals surface area (Å²) in [7, 11) is 0. The van der Waals surface area contributed by atoms with E-state index in [0.29, 0.717) is 12.3 Å². The molecule has 0 radical (unpaired) electrons. The fraction of sp³-hybridized carbons (Fsp3) is 0.588. The average molecular weight is 308 g/mol. The van der Waals surface area contributed by atoms with Crippen molar-refractivity contribution in [1.82, 2.24) is 10.2 Å². The van der Waals surface area contributed by atoms with Gasteiger partial charge in [0.2, 0.25) is 0 Å². The first-order valence-corrected chi connectivity index (χ1v) is 8.07. The van der Waals surface area contributed by atoms with Crippen molar-refractivity contribution >= 4 is 5.91 Å². The van der Waals surface area contributed by atoms with Crippen LogP contribution in [0.1, 0.15) is 32.6 Å². The van der Waals surface area contributed by atoms with Crippen molar-refractivity contribution in [1.29, 1.82) is 0 Å². The highest BCUT2D eigenvalue weighted by molar-refractivity contribution is 5.80. The van der Waals surface area contributed by atoms with Crippen LogP contribution in [0.4, 0.5) is 4.39 Å². The zero-order valence-corrected chi connectivity index (χ0v) is 13.2. The number of hydrogen-bond donors (Lipinski definition) is 1. The fourth-order valence-electron chi connectivity index (χ4n) is 2.61. The van der Waals surface area contributed by atoms with E-state index in [2.05, 4.69) is 10.2 Å². The summed E-state index contributed by atoms with van der Waals surface area (Å²) in [6.45, 7) is 5.75. The number of likely N-dealkylation sites (tertiary alicyclic amines) is 1. The topological polar surface area (TPSA) is 41.6 Å². The van der Waals surface area contributed by atoms with Crippen molar-refractivity contribution in [2.45, 2.75) is 38.7 Å². The van der Waals surface area contributed by atoms with Gasteiger partial charge in [0.05, 0.1) is 0 Å². The Morgan fingerprint density at radius 2 is 1.95 bits per heavy atom. The smallest absolute Gasteiger partial charge is 0.260 e. The molecule has 1 aliphatic rings. The lowest BCUT2D eigenvalue weighted by atomic mass is 10.1. The summed E-state index contributed by atoms with van der Waals surface area (Å²) >= 11 is 0. The first-order valence-electron chi connectivity index (χ1n) is 8.07. The number of benzene rings is 1. The predicted octanol–water partition coefficient (Wildman–Crippen LogP) is 2.59. The number of amides is 1. The molecule has 1 aromatic carbocycles. The molecule has 1 aliphatic heterocycles. The van der Waals surface area contributed by atoms with Gasteiger partial charge in [-0.3, -0.25) is 4.79 Å². The average Bonchev–Trinajstić information content (AvgIpc) is 2.54. The molecule has 122 valence electrons. The summed E-state index contributed by atoms with van der Waals surface area (Å²) in [5.41, 5.74) is 0. The molecule has 0 aromatic heterocycles. The van der Waals surface area contributed by atoms with Gasteiger partial charge in [-0.1, -0.05) is 6.42 Å². The van der Waals surface area contributed by atoms with E-state index in [0.717, 1.165) is 13.0 Å². The van der Waals surface area contributed by atoms with Crippen LogP contribution in [-0.4, -0.2) is 43.1 Å². The van der Waals surface area contributed by atoms with E-state index in [9.17, 15) is 9.18 Å². The second kappa shape index (κ2) is 8.73. The number of halogens is 1. The molecule has 5 heteroatoms. The molecule has 1 atom stereocenters. The molecule has 0 saturated carbocycles. The normalized spacial score (nSPS) is 17.0. The Morgan fingerprint density at radius 1 is 1.27 bits per heavy atom. The van der Waals surface area contributed by atoms with Gasteiger partial charge in [0, 0.05) is 6.54 Å². The highest BCUT2D eigenvalue weighted by Gasteiger charge is 2.14. The van der Waals surface area contributed by atoms with Crippen LogP contribution in [0.2, 0.25) is 0 Å². The monoisotopic (exact) mass is 308 g/mol. The third-order valence-corrected chi connectivity index (χ3v) is 3.89. The Hall–Kier alpha value is -1.62. The maximum atomic E-state index is 12.8. The molecule has 1 aromatic rings. The molecule has 1 unspecified atom stereocenters. The molecule has 1 saturated heterocycles. The Labute approximate surface area is 131 Å². The van der Waals surface area contributed by atoms with Crippen LogP contribution in [0.25, 0.3) is 0 Å². The van der Waals surface area contributed by atoms with E-state index >= 15 is 0 Å². The second-order valence-corrected chi connectivity index (χ2v) is 5.76. The fourth-order valence-corrected chi connectivity index (χ4v) is 2.61. The number of rotatable bonds is 7. The third-order valence-electron chi connectivity index (χ3n) is 3.89. The van der Waals surface area contributed by atoms with Crippen molar-refractivity contribution in [3.05, 3.63) is 30.1 Å². The summed E-state index contributed by atoms with van der Waals surface area (Å²) in [5, 5.41) is 2.89. The minimum Gasteiger partial charge on any atom is -0.481 e. The van der Waals surface area contributed by atoms with Gasteiger partial charge in [0.25, 0.3) is 5.91 Å². The summed E-state index contributed by atoms with van der Waals surface area (Å²) in [5.74, 6) is 0.0440. The highest BCUT2D eigenvalue weighted by atomic mass is 19.1. The van der Waals surface area contributed by atoms with E-state index in [1.165, 1.54) is 56.6 Å². The molecule has 0 aliphatic carbocycles. The number of hydrogen-bond acceptors (Lipinski definition) is 3. The minimum absolute atomic E-state index is 0.136. The van der Waals surface area contributed by atoms with Crippen molar-refractivity contribution in [3.8, 4) is 5.75 Å². The van der Waals surface area contributed by atoms with E-state index in [4.69, 9.17) is 4.74 Å². The lowest BCUT2D eigenvalue weighted by Crippen LogP contribution is -2.38. The van der Waals surface area contributed by atoms with Crippen molar-refractivity contribution < 1.29 is 13.9 Å². The lowest BCUT2D eigenvalue weighted by molar-refractivity contribution is -0.127. The molecule has 22 heavy (non-hydrogen) atoms. The molecular weight excluding hydrogens is 283 g/mol. The molecule has 1 heterocycles. The summed E-state index contributed by atoms with van der Waals surface area (Å²) in [6.07, 6.45) is 4.28. The van der Waals surface area contributed by atoms with Crippen LogP contribution in [0.3, 0.4) is 0 Å². The molecule has 4 nitrogen and oxygen atoms in total. The van der Waals surface area contributed by atoms with Gasteiger partial charge in [-0.25, -0.2) is 4.39 Å². The molecule has 1 amide bonds. The molecular formula is C17H25FN2O2. The van der Waals surface area contributed by atoms with Crippen LogP contribution in [0.5, 0.6) is 5.75 Å². The zero-order valence-electron chi connectivity index (χ0n) is 13.2. The number of carbonyl (C=O) groups excluding carboxylic acids is 1. The van der Waals surface area contributed by atoms with Crippen molar-refractivity contribution in [3.63, 3.8) is 0 Å². The standard InChI is InChI=1S/C17H25FN2O2/c1-14(22-16-8-6-15(18)7-9-16)17(21)19-10-5-13-20-11-3-2-4-12-20/h6-9,14H,2-5,10-13H2,1H3,(H,19,21). The molecule has 0 bridgehead atoms. The van der Waals surface area contributed by atoms with Gasteiger partial charge < -0.3 is 15.0 Å². The van der Waals surface area contributed by atoms with Crippen LogP contribution in [-0.2, 0) is 4.79 Å². The first kappa shape index (κ1) is 16.7. The maximum Gasteiger partial charge on any atom is 0.260 e. The molecule has 1 N–H and O–H groups in total. The summed E-state index contributed by atoms with van der Waals surface area (Å²) in [6, 6.07) is 5.68. The zero-order chi connectivity index (χ0) is 15.8. The Balaban J connectivity index is 1.62. The van der Waals surface area contributed by atoms with Gasteiger partial charge >= 0.3 is 0 Å².